The van der Waals surface area contributed by atoms with E-state index < -0.39 is 0 Å². The van der Waals surface area contributed by atoms with Crippen molar-refractivity contribution in [2.24, 2.45) is 11.3 Å². The standard InChI is InChI=1S/C18H33NO2/c1-2-21-17-12-16(18(17)9-4-3-5-10-18)19-13-14-7-6-8-15(20)11-14/h14-17,19-20H,2-13H2,1H3. The maximum atomic E-state index is 9.82. The molecule has 21 heavy (non-hydrogen) atoms. The van der Waals surface area contributed by atoms with Crippen LogP contribution in [0.4, 0.5) is 0 Å². The molecule has 3 nitrogen and oxygen atoms in total. The normalized spacial score (nSPS) is 39.1. The second-order valence-electron chi connectivity index (χ2n) is 7.62. The van der Waals surface area contributed by atoms with Gasteiger partial charge in [-0.25, -0.2) is 0 Å². The molecule has 0 aromatic heterocycles. The van der Waals surface area contributed by atoms with Crippen molar-refractivity contribution in [2.75, 3.05) is 13.2 Å². The molecule has 1 spiro atoms. The molecule has 3 saturated carbocycles. The molecular weight excluding hydrogens is 262 g/mol. The van der Waals surface area contributed by atoms with Crippen LogP contribution in [0.5, 0.6) is 0 Å². The van der Waals surface area contributed by atoms with Crippen molar-refractivity contribution in [3.63, 3.8) is 0 Å². The van der Waals surface area contributed by atoms with Gasteiger partial charge in [0.15, 0.2) is 0 Å². The molecule has 122 valence electrons. The third kappa shape index (κ3) is 3.30. The Balaban J connectivity index is 1.52. The van der Waals surface area contributed by atoms with Gasteiger partial charge in [-0.2, -0.15) is 0 Å². The minimum Gasteiger partial charge on any atom is -0.393 e. The molecule has 2 N–H and O–H groups in total. The summed E-state index contributed by atoms with van der Waals surface area (Å²) in [4.78, 5) is 0. The van der Waals surface area contributed by atoms with Crippen LogP contribution in [0, 0.1) is 11.3 Å². The summed E-state index contributed by atoms with van der Waals surface area (Å²) in [5.41, 5.74) is 0.432. The van der Waals surface area contributed by atoms with Crippen LogP contribution in [0.3, 0.4) is 0 Å². The fraction of sp³-hybridized carbons (Fsp3) is 1.00. The number of nitrogens with one attached hydrogen (secondary N) is 1. The Kier molecular flexibility index (Phi) is 5.23. The number of rotatable bonds is 5. The highest BCUT2D eigenvalue weighted by molar-refractivity contribution is 5.09. The molecule has 4 unspecified atom stereocenters. The van der Waals surface area contributed by atoms with Crippen molar-refractivity contribution in [1.29, 1.82) is 0 Å². The highest BCUT2D eigenvalue weighted by Crippen LogP contribution is 2.53. The lowest BCUT2D eigenvalue weighted by molar-refractivity contribution is -0.150. The van der Waals surface area contributed by atoms with Gasteiger partial charge in [-0.3, -0.25) is 0 Å². The number of aliphatic hydroxyl groups is 1. The average Bonchev–Trinajstić information content (AvgIpc) is 2.51. The highest BCUT2D eigenvalue weighted by Gasteiger charge is 2.55. The molecular formula is C18H33NO2. The Morgan fingerprint density at radius 2 is 1.90 bits per heavy atom. The molecule has 0 amide bonds. The SMILES string of the molecule is CCOC1CC(NCC2CCCC(O)C2)C12CCCCC2. The van der Waals surface area contributed by atoms with E-state index in [1.54, 1.807) is 0 Å². The first-order valence-electron chi connectivity index (χ1n) is 9.27. The number of aliphatic hydroxyl groups excluding tert-OH is 1. The number of hydrogen-bond acceptors (Lipinski definition) is 3. The molecule has 0 aromatic carbocycles. The van der Waals surface area contributed by atoms with Crippen LogP contribution in [0.15, 0.2) is 0 Å². The summed E-state index contributed by atoms with van der Waals surface area (Å²) in [6.07, 6.45) is 13.0. The molecule has 0 heterocycles. The molecule has 3 fully saturated rings. The Hall–Kier alpha value is -0.120. The molecule has 0 aliphatic heterocycles. The lowest BCUT2D eigenvalue weighted by Crippen LogP contribution is -2.65. The van der Waals surface area contributed by atoms with Crippen LogP contribution >= 0.6 is 0 Å². The van der Waals surface area contributed by atoms with E-state index in [-0.39, 0.29) is 6.10 Å². The zero-order chi connectivity index (χ0) is 14.7. The highest BCUT2D eigenvalue weighted by atomic mass is 16.5. The smallest absolute Gasteiger partial charge is 0.0661 e. The van der Waals surface area contributed by atoms with Gasteiger partial charge in [-0.05, 0) is 57.9 Å². The Morgan fingerprint density at radius 3 is 2.62 bits per heavy atom. The zero-order valence-corrected chi connectivity index (χ0v) is 13.7. The van der Waals surface area contributed by atoms with Gasteiger partial charge in [-0.1, -0.05) is 25.7 Å². The summed E-state index contributed by atoms with van der Waals surface area (Å²) in [6.45, 7) is 4.08. The zero-order valence-electron chi connectivity index (χ0n) is 13.7. The lowest BCUT2D eigenvalue weighted by Gasteiger charge is -2.58. The molecule has 4 atom stereocenters. The predicted octanol–water partition coefficient (Wildman–Crippen LogP) is 3.26. The Labute approximate surface area is 129 Å². The molecule has 0 bridgehead atoms. The van der Waals surface area contributed by atoms with E-state index in [4.69, 9.17) is 4.74 Å². The summed E-state index contributed by atoms with van der Waals surface area (Å²) in [7, 11) is 0. The first kappa shape index (κ1) is 15.8. The van der Waals surface area contributed by atoms with E-state index in [0.717, 1.165) is 26.0 Å². The van der Waals surface area contributed by atoms with Gasteiger partial charge >= 0.3 is 0 Å². The lowest BCUT2D eigenvalue weighted by atomic mass is 9.55. The maximum Gasteiger partial charge on any atom is 0.0661 e. The van der Waals surface area contributed by atoms with Gasteiger partial charge in [-0.15, -0.1) is 0 Å². The van der Waals surface area contributed by atoms with Gasteiger partial charge in [0.25, 0.3) is 0 Å². The van der Waals surface area contributed by atoms with Crippen molar-refractivity contribution < 1.29 is 9.84 Å². The van der Waals surface area contributed by atoms with Crippen molar-refractivity contribution in [3.05, 3.63) is 0 Å². The second kappa shape index (κ2) is 6.97. The fourth-order valence-electron chi connectivity index (χ4n) is 5.11. The first-order chi connectivity index (χ1) is 10.2. The Morgan fingerprint density at radius 1 is 1.10 bits per heavy atom. The van der Waals surface area contributed by atoms with Gasteiger partial charge in [0.2, 0.25) is 0 Å². The summed E-state index contributed by atoms with van der Waals surface area (Å²) in [6, 6.07) is 0.661. The van der Waals surface area contributed by atoms with Gasteiger partial charge < -0.3 is 15.2 Å². The number of ether oxygens (including phenoxy) is 1. The van der Waals surface area contributed by atoms with Gasteiger partial charge in [0.1, 0.15) is 0 Å². The molecule has 0 aromatic rings. The van der Waals surface area contributed by atoms with Gasteiger partial charge in [0, 0.05) is 18.1 Å². The third-order valence-corrected chi connectivity index (χ3v) is 6.35. The van der Waals surface area contributed by atoms with Crippen LogP contribution < -0.4 is 5.32 Å². The average molecular weight is 295 g/mol. The van der Waals surface area contributed by atoms with Crippen LogP contribution in [-0.4, -0.2) is 36.5 Å². The number of hydrogen-bond donors (Lipinski definition) is 2. The fourth-order valence-corrected chi connectivity index (χ4v) is 5.11. The minimum absolute atomic E-state index is 0.0493. The molecule has 3 aliphatic carbocycles. The van der Waals surface area contributed by atoms with E-state index in [2.05, 4.69) is 12.2 Å². The van der Waals surface area contributed by atoms with E-state index in [0.29, 0.717) is 23.5 Å². The molecule has 0 radical (unpaired) electrons. The molecule has 3 rings (SSSR count). The first-order valence-corrected chi connectivity index (χ1v) is 9.27. The quantitative estimate of drug-likeness (QED) is 0.818. The summed E-state index contributed by atoms with van der Waals surface area (Å²) < 4.78 is 6.03. The van der Waals surface area contributed by atoms with Crippen molar-refractivity contribution in [2.45, 2.75) is 89.4 Å². The van der Waals surface area contributed by atoms with E-state index in [9.17, 15) is 5.11 Å². The minimum atomic E-state index is -0.0493. The van der Waals surface area contributed by atoms with E-state index >= 15 is 0 Å². The van der Waals surface area contributed by atoms with Crippen LogP contribution in [-0.2, 0) is 4.74 Å². The maximum absolute atomic E-state index is 9.82. The third-order valence-electron chi connectivity index (χ3n) is 6.35. The monoisotopic (exact) mass is 295 g/mol. The second-order valence-corrected chi connectivity index (χ2v) is 7.62. The van der Waals surface area contributed by atoms with E-state index in [1.165, 1.54) is 51.4 Å². The van der Waals surface area contributed by atoms with Crippen molar-refractivity contribution in [3.8, 4) is 0 Å². The topological polar surface area (TPSA) is 41.5 Å². The van der Waals surface area contributed by atoms with Crippen LogP contribution in [0.1, 0.15) is 71.1 Å². The predicted molar refractivity (Wildman–Crippen MR) is 85.3 cm³/mol. The van der Waals surface area contributed by atoms with Crippen molar-refractivity contribution in [1.82, 2.24) is 5.32 Å². The summed E-state index contributed by atoms with van der Waals surface area (Å²) in [5.74, 6) is 0.681. The summed E-state index contributed by atoms with van der Waals surface area (Å²) >= 11 is 0. The molecule has 0 saturated heterocycles. The van der Waals surface area contributed by atoms with Crippen LogP contribution in [0.2, 0.25) is 0 Å². The van der Waals surface area contributed by atoms with Crippen LogP contribution in [0.25, 0.3) is 0 Å². The molecule has 3 heteroatoms. The van der Waals surface area contributed by atoms with Crippen molar-refractivity contribution >= 4 is 0 Å². The Bertz CT molecular complexity index is 327. The summed E-state index contributed by atoms with van der Waals surface area (Å²) in [5, 5.41) is 13.7. The van der Waals surface area contributed by atoms with Gasteiger partial charge in [0.05, 0.1) is 12.2 Å². The largest absolute Gasteiger partial charge is 0.393 e. The molecule has 3 aliphatic rings. The van der Waals surface area contributed by atoms with E-state index in [1.807, 2.05) is 0 Å².